The van der Waals surface area contributed by atoms with Gasteiger partial charge in [-0.2, -0.15) is 0 Å². The van der Waals surface area contributed by atoms with Crippen molar-refractivity contribution in [3.8, 4) is 0 Å². The van der Waals surface area contributed by atoms with Gasteiger partial charge in [0.2, 0.25) is 11.8 Å². The molecule has 1 aliphatic carbocycles. The molecule has 4 rings (SSSR count). The Hall–Kier alpha value is -2.37. The van der Waals surface area contributed by atoms with E-state index in [1.54, 1.807) is 19.0 Å². The lowest BCUT2D eigenvalue weighted by Gasteiger charge is -2.37. The second-order valence-corrected chi connectivity index (χ2v) is 9.91. The van der Waals surface area contributed by atoms with E-state index in [0.717, 1.165) is 25.7 Å². The average Bonchev–Trinajstić information content (AvgIpc) is 3.28. The van der Waals surface area contributed by atoms with Crippen molar-refractivity contribution in [2.75, 3.05) is 40.3 Å². The molecule has 0 radical (unpaired) electrons. The summed E-state index contributed by atoms with van der Waals surface area (Å²) in [7, 11) is 3.53. The monoisotopic (exact) mass is 411 g/mol. The number of carbonyl (C=O) groups excluding carboxylic acids is 3. The Morgan fingerprint density at radius 2 is 1.53 bits per heavy atom. The molecule has 2 aliphatic heterocycles. The van der Waals surface area contributed by atoms with Crippen LogP contribution in [0.4, 0.5) is 0 Å². The third-order valence-electron chi connectivity index (χ3n) is 7.51. The van der Waals surface area contributed by atoms with Crippen molar-refractivity contribution in [3.05, 3.63) is 35.9 Å². The van der Waals surface area contributed by atoms with E-state index in [-0.39, 0.29) is 29.1 Å². The Morgan fingerprint density at radius 3 is 2.17 bits per heavy atom. The molecule has 1 saturated carbocycles. The summed E-state index contributed by atoms with van der Waals surface area (Å²) >= 11 is 0. The number of amides is 3. The highest BCUT2D eigenvalue weighted by Crippen LogP contribution is 2.47. The SMILES string of the molecule is CN(C)C(=O)[C@]12CN(C(=O)c3ccccc3)C[C@H]1CN(C(=O)C1(C)CCCCC1)C2. The van der Waals surface area contributed by atoms with Crippen LogP contribution in [0.25, 0.3) is 0 Å². The van der Waals surface area contributed by atoms with Crippen LogP contribution in [0.3, 0.4) is 0 Å². The van der Waals surface area contributed by atoms with Gasteiger partial charge in [0, 0.05) is 57.2 Å². The number of hydrogen-bond donors (Lipinski definition) is 0. The highest BCUT2D eigenvalue weighted by Gasteiger charge is 2.60. The van der Waals surface area contributed by atoms with Crippen LogP contribution in [0, 0.1) is 16.7 Å². The van der Waals surface area contributed by atoms with Gasteiger partial charge in [0.1, 0.15) is 0 Å². The molecule has 1 aromatic carbocycles. The molecule has 30 heavy (non-hydrogen) atoms. The van der Waals surface area contributed by atoms with Gasteiger partial charge in [-0.3, -0.25) is 14.4 Å². The number of carbonyl (C=O) groups is 3. The van der Waals surface area contributed by atoms with Crippen LogP contribution >= 0.6 is 0 Å². The average molecular weight is 412 g/mol. The van der Waals surface area contributed by atoms with Crippen LogP contribution < -0.4 is 0 Å². The van der Waals surface area contributed by atoms with Crippen molar-refractivity contribution >= 4 is 17.7 Å². The third kappa shape index (κ3) is 3.40. The van der Waals surface area contributed by atoms with Crippen LogP contribution in [0.2, 0.25) is 0 Å². The molecule has 6 heteroatoms. The molecule has 0 aromatic heterocycles. The van der Waals surface area contributed by atoms with Crippen LogP contribution in [0.15, 0.2) is 30.3 Å². The molecule has 1 aromatic rings. The highest BCUT2D eigenvalue weighted by molar-refractivity contribution is 5.96. The fraction of sp³-hybridized carbons (Fsp3) is 0.625. The first-order chi connectivity index (χ1) is 14.3. The van der Waals surface area contributed by atoms with E-state index in [0.29, 0.717) is 31.7 Å². The number of fused-ring (bicyclic) bond motifs is 1. The van der Waals surface area contributed by atoms with Gasteiger partial charge in [-0.05, 0) is 25.0 Å². The minimum Gasteiger partial charge on any atom is -0.348 e. The number of likely N-dealkylation sites (tertiary alicyclic amines) is 2. The van der Waals surface area contributed by atoms with Gasteiger partial charge in [-0.15, -0.1) is 0 Å². The molecule has 0 bridgehead atoms. The van der Waals surface area contributed by atoms with Crippen LogP contribution in [0.5, 0.6) is 0 Å². The Morgan fingerprint density at radius 1 is 0.933 bits per heavy atom. The van der Waals surface area contributed by atoms with Crippen LogP contribution in [0.1, 0.15) is 49.4 Å². The summed E-state index contributed by atoms with van der Waals surface area (Å²) in [6.07, 6.45) is 5.26. The van der Waals surface area contributed by atoms with Crippen molar-refractivity contribution in [3.63, 3.8) is 0 Å². The smallest absolute Gasteiger partial charge is 0.253 e. The van der Waals surface area contributed by atoms with E-state index in [1.807, 2.05) is 40.1 Å². The van der Waals surface area contributed by atoms with E-state index >= 15 is 0 Å². The lowest BCUT2D eigenvalue weighted by molar-refractivity contribution is -0.144. The van der Waals surface area contributed by atoms with Crippen LogP contribution in [-0.2, 0) is 9.59 Å². The van der Waals surface area contributed by atoms with Gasteiger partial charge >= 0.3 is 0 Å². The number of rotatable bonds is 3. The van der Waals surface area contributed by atoms with Gasteiger partial charge in [0.25, 0.3) is 5.91 Å². The molecule has 0 spiro atoms. The summed E-state index contributed by atoms with van der Waals surface area (Å²) in [6, 6.07) is 9.24. The largest absolute Gasteiger partial charge is 0.348 e. The van der Waals surface area contributed by atoms with Gasteiger partial charge in [-0.1, -0.05) is 44.4 Å². The zero-order chi connectivity index (χ0) is 21.5. The molecule has 2 heterocycles. The highest BCUT2D eigenvalue weighted by atomic mass is 16.2. The molecule has 3 fully saturated rings. The van der Waals surface area contributed by atoms with Gasteiger partial charge in [0.15, 0.2) is 0 Å². The van der Waals surface area contributed by atoms with Crippen molar-refractivity contribution < 1.29 is 14.4 Å². The second kappa shape index (κ2) is 7.71. The zero-order valence-corrected chi connectivity index (χ0v) is 18.4. The molecule has 3 aliphatic rings. The first kappa shape index (κ1) is 20.9. The van der Waals surface area contributed by atoms with Crippen LogP contribution in [-0.4, -0.2) is 72.7 Å². The molecule has 0 unspecified atom stereocenters. The lowest BCUT2D eigenvalue weighted by atomic mass is 9.74. The summed E-state index contributed by atoms with van der Waals surface area (Å²) < 4.78 is 0. The normalized spacial score (nSPS) is 27.6. The van der Waals surface area contributed by atoms with Gasteiger partial charge < -0.3 is 14.7 Å². The molecule has 162 valence electrons. The van der Waals surface area contributed by atoms with E-state index < -0.39 is 5.41 Å². The van der Waals surface area contributed by atoms with Gasteiger partial charge in [-0.25, -0.2) is 0 Å². The Balaban J connectivity index is 1.57. The van der Waals surface area contributed by atoms with Crippen molar-refractivity contribution in [2.24, 2.45) is 16.7 Å². The molecular formula is C24H33N3O3. The van der Waals surface area contributed by atoms with E-state index in [4.69, 9.17) is 0 Å². The summed E-state index contributed by atoms with van der Waals surface area (Å²) in [5, 5.41) is 0. The predicted octanol–water partition coefficient (Wildman–Crippen LogP) is 2.65. The fourth-order valence-electron chi connectivity index (χ4n) is 5.81. The summed E-state index contributed by atoms with van der Waals surface area (Å²) in [5.74, 6) is 0.174. The Labute approximate surface area is 179 Å². The zero-order valence-electron chi connectivity index (χ0n) is 18.4. The summed E-state index contributed by atoms with van der Waals surface area (Å²) in [5.41, 5.74) is -0.361. The molecule has 2 saturated heterocycles. The maximum atomic E-state index is 13.4. The maximum Gasteiger partial charge on any atom is 0.253 e. The van der Waals surface area contributed by atoms with Crippen molar-refractivity contribution in [1.82, 2.24) is 14.7 Å². The first-order valence-corrected chi connectivity index (χ1v) is 11.1. The van der Waals surface area contributed by atoms with Crippen molar-refractivity contribution in [1.29, 1.82) is 0 Å². The molecule has 2 atom stereocenters. The summed E-state index contributed by atoms with van der Waals surface area (Å²) in [6.45, 7) is 3.97. The van der Waals surface area contributed by atoms with Gasteiger partial charge in [0.05, 0.1) is 5.41 Å². The van der Waals surface area contributed by atoms with E-state index in [9.17, 15) is 14.4 Å². The maximum absolute atomic E-state index is 13.4. The minimum absolute atomic E-state index is 0.0174. The second-order valence-electron chi connectivity index (χ2n) is 9.91. The molecule has 6 nitrogen and oxygen atoms in total. The topological polar surface area (TPSA) is 60.9 Å². The van der Waals surface area contributed by atoms with E-state index in [1.165, 1.54) is 6.42 Å². The first-order valence-electron chi connectivity index (χ1n) is 11.1. The molecule has 0 N–H and O–H groups in total. The van der Waals surface area contributed by atoms with E-state index in [2.05, 4.69) is 6.92 Å². The molecule has 3 amide bonds. The number of benzene rings is 1. The lowest BCUT2D eigenvalue weighted by Crippen LogP contribution is -2.49. The predicted molar refractivity (Wildman–Crippen MR) is 115 cm³/mol. The van der Waals surface area contributed by atoms with Crippen molar-refractivity contribution in [2.45, 2.75) is 39.0 Å². The summed E-state index contributed by atoms with van der Waals surface area (Å²) in [4.78, 5) is 45.2. The third-order valence-corrected chi connectivity index (χ3v) is 7.51. The standard InChI is InChI=1S/C24H33N3O3/c1-23(12-8-5-9-13-23)21(29)27-15-19-14-26(20(28)18-10-6-4-7-11-18)16-24(19,17-27)22(30)25(2)3/h4,6-7,10-11,19H,5,8-9,12-17H2,1-3H3/t19-,24-/m0/s1. The Bertz CT molecular complexity index is 831. The quantitative estimate of drug-likeness (QED) is 0.768. The minimum atomic E-state index is -0.700. The number of nitrogens with zero attached hydrogens (tertiary/aromatic N) is 3. The Kier molecular flexibility index (Phi) is 5.37. The number of hydrogen-bond acceptors (Lipinski definition) is 3. The fourth-order valence-corrected chi connectivity index (χ4v) is 5.81. The molecular weight excluding hydrogens is 378 g/mol.